The summed E-state index contributed by atoms with van der Waals surface area (Å²) in [5.74, 6) is -1.07. The number of aryl methyl sites for hydroxylation is 2. The average molecular weight is 401 g/mol. The SMILES string of the molecule is Cc1ccc(C(=O)OCC(=O)Nc2sc3c(c2C(N)=O)CC[C@@H](C)C3)cc1C. The first kappa shape index (κ1) is 20.1. The van der Waals surface area contributed by atoms with Crippen LogP contribution in [-0.4, -0.2) is 24.4 Å². The molecule has 0 spiro atoms. The molecule has 0 bridgehead atoms. The maximum absolute atomic E-state index is 12.3. The summed E-state index contributed by atoms with van der Waals surface area (Å²) in [7, 11) is 0. The molecule has 1 aliphatic carbocycles. The lowest BCUT2D eigenvalue weighted by molar-refractivity contribution is -0.119. The van der Waals surface area contributed by atoms with E-state index in [0.717, 1.165) is 40.8 Å². The topological polar surface area (TPSA) is 98.5 Å². The van der Waals surface area contributed by atoms with E-state index in [-0.39, 0.29) is 0 Å². The minimum Gasteiger partial charge on any atom is -0.452 e. The van der Waals surface area contributed by atoms with Gasteiger partial charge in [-0.1, -0.05) is 13.0 Å². The Kier molecular flexibility index (Phi) is 5.84. The molecule has 0 saturated heterocycles. The number of primary amides is 1. The number of amides is 2. The zero-order valence-electron chi connectivity index (χ0n) is 16.3. The van der Waals surface area contributed by atoms with Gasteiger partial charge < -0.3 is 15.8 Å². The van der Waals surface area contributed by atoms with Crippen molar-refractivity contribution in [3.63, 3.8) is 0 Å². The second-order valence-electron chi connectivity index (χ2n) is 7.34. The van der Waals surface area contributed by atoms with Crippen molar-refractivity contribution in [3.05, 3.63) is 50.9 Å². The fourth-order valence-corrected chi connectivity index (χ4v) is 4.78. The number of rotatable bonds is 5. The van der Waals surface area contributed by atoms with Gasteiger partial charge in [-0.05, 0) is 67.9 Å². The number of carbonyl (C=O) groups excluding carboxylic acids is 3. The molecule has 0 unspecified atom stereocenters. The van der Waals surface area contributed by atoms with Gasteiger partial charge in [0, 0.05) is 4.88 Å². The van der Waals surface area contributed by atoms with Crippen LogP contribution < -0.4 is 11.1 Å². The molecule has 1 aliphatic rings. The van der Waals surface area contributed by atoms with Gasteiger partial charge in [0.25, 0.3) is 11.8 Å². The number of ether oxygens (including phenoxy) is 1. The second kappa shape index (κ2) is 8.14. The Morgan fingerprint density at radius 2 is 2.00 bits per heavy atom. The Balaban J connectivity index is 1.67. The van der Waals surface area contributed by atoms with E-state index >= 15 is 0 Å². The van der Waals surface area contributed by atoms with E-state index in [1.807, 2.05) is 19.9 Å². The van der Waals surface area contributed by atoms with Crippen molar-refractivity contribution in [3.8, 4) is 0 Å². The van der Waals surface area contributed by atoms with Gasteiger partial charge in [0.05, 0.1) is 11.1 Å². The molecule has 0 aliphatic heterocycles. The number of nitrogens with one attached hydrogen (secondary N) is 1. The summed E-state index contributed by atoms with van der Waals surface area (Å²) in [5, 5.41) is 3.14. The molecule has 0 saturated carbocycles. The van der Waals surface area contributed by atoms with Crippen LogP contribution in [0.15, 0.2) is 18.2 Å². The Labute approximate surface area is 168 Å². The predicted molar refractivity (Wildman–Crippen MR) is 109 cm³/mol. The Bertz CT molecular complexity index is 948. The molecule has 0 radical (unpaired) electrons. The van der Waals surface area contributed by atoms with Crippen LogP contribution >= 0.6 is 11.3 Å². The molecule has 3 N–H and O–H groups in total. The Morgan fingerprint density at radius 1 is 1.25 bits per heavy atom. The van der Waals surface area contributed by atoms with E-state index in [4.69, 9.17) is 10.5 Å². The van der Waals surface area contributed by atoms with Gasteiger partial charge in [-0.3, -0.25) is 9.59 Å². The summed E-state index contributed by atoms with van der Waals surface area (Å²) in [6.07, 6.45) is 2.64. The third-order valence-electron chi connectivity index (χ3n) is 5.09. The fraction of sp³-hybridized carbons (Fsp3) is 0.381. The lowest BCUT2D eigenvalue weighted by Crippen LogP contribution is -2.23. The van der Waals surface area contributed by atoms with Gasteiger partial charge in [0.1, 0.15) is 5.00 Å². The van der Waals surface area contributed by atoms with E-state index in [1.54, 1.807) is 12.1 Å². The Morgan fingerprint density at radius 3 is 2.68 bits per heavy atom. The number of hydrogen-bond acceptors (Lipinski definition) is 5. The van der Waals surface area contributed by atoms with Crippen molar-refractivity contribution in [2.75, 3.05) is 11.9 Å². The molecule has 6 nitrogen and oxygen atoms in total. The summed E-state index contributed by atoms with van der Waals surface area (Å²) in [5.41, 5.74) is 9.33. The van der Waals surface area contributed by atoms with Crippen LogP contribution in [-0.2, 0) is 22.4 Å². The van der Waals surface area contributed by atoms with Crippen molar-refractivity contribution in [2.24, 2.45) is 11.7 Å². The molecule has 1 heterocycles. The van der Waals surface area contributed by atoms with E-state index in [0.29, 0.717) is 22.0 Å². The normalized spacial score (nSPS) is 15.6. The van der Waals surface area contributed by atoms with Crippen LogP contribution in [0, 0.1) is 19.8 Å². The average Bonchev–Trinajstić information content (AvgIpc) is 2.98. The zero-order chi connectivity index (χ0) is 20.4. The monoisotopic (exact) mass is 400 g/mol. The molecule has 7 heteroatoms. The van der Waals surface area contributed by atoms with E-state index in [1.165, 1.54) is 11.3 Å². The van der Waals surface area contributed by atoms with Crippen LogP contribution in [0.5, 0.6) is 0 Å². The maximum atomic E-state index is 12.3. The summed E-state index contributed by atoms with van der Waals surface area (Å²) in [6.45, 7) is 5.60. The molecule has 2 aromatic rings. The first-order valence-corrected chi connectivity index (χ1v) is 10.1. The largest absolute Gasteiger partial charge is 0.452 e. The molecule has 148 valence electrons. The molecule has 1 atom stereocenters. The number of esters is 1. The second-order valence-corrected chi connectivity index (χ2v) is 8.45. The number of carbonyl (C=O) groups is 3. The van der Waals surface area contributed by atoms with Gasteiger partial charge in [-0.2, -0.15) is 0 Å². The van der Waals surface area contributed by atoms with Crippen LogP contribution in [0.1, 0.15) is 55.6 Å². The third-order valence-corrected chi connectivity index (χ3v) is 6.26. The van der Waals surface area contributed by atoms with Gasteiger partial charge in [-0.25, -0.2) is 4.79 Å². The number of anilines is 1. The van der Waals surface area contributed by atoms with Crippen molar-refractivity contribution < 1.29 is 19.1 Å². The highest BCUT2D eigenvalue weighted by atomic mass is 32.1. The molecule has 1 aromatic heterocycles. The highest BCUT2D eigenvalue weighted by molar-refractivity contribution is 7.17. The van der Waals surface area contributed by atoms with Crippen LogP contribution in [0.25, 0.3) is 0 Å². The first-order chi connectivity index (χ1) is 13.3. The standard InChI is InChI=1S/C21H24N2O4S/c1-11-4-7-15-16(8-11)28-20(18(15)19(22)25)23-17(24)10-27-21(26)14-6-5-12(2)13(3)9-14/h5-6,9,11H,4,7-8,10H2,1-3H3,(H2,22,25)(H,23,24)/t11-/m1/s1. The molecule has 2 amide bonds. The van der Waals surface area contributed by atoms with Gasteiger partial charge in [0.15, 0.2) is 6.61 Å². The lowest BCUT2D eigenvalue weighted by Gasteiger charge is -2.18. The zero-order valence-corrected chi connectivity index (χ0v) is 17.1. The molecule has 3 rings (SSSR count). The molecule has 0 fully saturated rings. The van der Waals surface area contributed by atoms with Gasteiger partial charge >= 0.3 is 5.97 Å². The number of hydrogen-bond donors (Lipinski definition) is 2. The third kappa shape index (κ3) is 4.25. The predicted octanol–water partition coefficient (Wildman–Crippen LogP) is 3.38. The van der Waals surface area contributed by atoms with Gasteiger partial charge in [-0.15, -0.1) is 11.3 Å². The highest BCUT2D eigenvalue weighted by Crippen LogP contribution is 2.39. The van der Waals surface area contributed by atoms with Crippen LogP contribution in [0.3, 0.4) is 0 Å². The number of nitrogens with two attached hydrogens (primary N) is 1. The number of fused-ring (bicyclic) bond motifs is 1. The van der Waals surface area contributed by atoms with Crippen molar-refractivity contribution >= 4 is 34.1 Å². The van der Waals surface area contributed by atoms with E-state index in [9.17, 15) is 14.4 Å². The summed E-state index contributed by atoms with van der Waals surface area (Å²) in [4.78, 5) is 37.5. The smallest absolute Gasteiger partial charge is 0.338 e. The fourth-order valence-electron chi connectivity index (χ4n) is 3.35. The van der Waals surface area contributed by atoms with Gasteiger partial charge in [0.2, 0.25) is 0 Å². The van der Waals surface area contributed by atoms with Crippen molar-refractivity contribution in [1.29, 1.82) is 0 Å². The summed E-state index contributed by atoms with van der Waals surface area (Å²) in [6, 6.07) is 5.24. The highest BCUT2D eigenvalue weighted by Gasteiger charge is 2.27. The van der Waals surface area contributed by atoms with Crippen molar-refractivity contribution in [2.45, 2.75) is 40.0 Å². The molecule has 28 heavy (non-hydrogen) atoms. The number of benzene rings is 1. The van der Waals surface area contributed by atoms with E-state index < -0.39 is 24.4 Å². The quantitative estimate of drug-likeness (QED) is 0.752. The Hall–Kier alpha value is -2.67. The summed E-state index contributed by atoms with van der Waals surface area (Å²) < 4.78 is 5.11. The van der Waals surface area contributed by atoms with Crippen LogP contribution in [0.2, 0.25) is 0 Å². The van der Waals surface area contributed by atoms with Crippen LogP contribution in [0.4, 0.5) is 5.00 Å². The molecular weight excluding hydrogens is 376 g/mol. The minimum atomic E-state index is -0.562. The lowest BCUT2D eigenvalue weighted by atomic mass is 9.88. The maximum Gasteiger partial charge on any atom is 0.338 e. The molecule has 1 aromatic carbocycles. The minimum absolute atomic E-state index is 0.390. The van der Waals surface area contributed by atoms with E-state index in [2.05, 4.69) is 12.2 Å². The molecular formula is C21H24N2O4S. The number of thiophene rings is 1. The summed E-state index contributed by atoms with van der Waals surface area (Å²) >= 11 is 1.38. The van der Waals surface area contributed by atoms with Crippen molar-refractivity contribution in [1.82, 2.24) is 0 Å². The first-order valence-electron chi connectivity index (χ1n) is 9.24.